The largest absolute Gasteiger partial charge is 0.480 e. The van der Waals surface area contributed by atoms with Crippen molar-refractivity contribution in [2.45, 2.75) is 24.4 Å². The minimum Gasteiger partial charge on any atom is -0.480 e. The van der Waals surface area contributed by atoms with E-state index in [1.165, 1.54) is 22.3 Å². The average Bonchev–Trinajstić information content (AvgIpc) is 3.31. The van der Waals surface area contributed by atoms with Crippen LogP contribution in [0.1, 0.15) is 29.5 Å². The molecule has 0 radical (unpaired) electrons. The van der Waals surface area contributed by atoms with Crippen LogP contribution in [0.4, 0.5) is 0 Å². The average molecular weight is 355 g/mol. The summed E-state index contributed by atoms with van der Waals surface area (Å²) >= 11 is 0. The first kappa shape index (κ1) is 16.3. The summed E-state index contributed by atoms with van der Waals surface area (Å²) in [5, 5.41) is 9.96. The van der Waals surface area contributed by atoms with Gasteiger partial charge in [0.05, 0.1) is 5.54 Å². The molecular weight excluding hydrogens is 334 g/mol. The Labute approximate surface area is 158 Å². The van der Waals surface area contributed by atoms with Crippen molar-refractivity contribution in [1.82, 2.24) is 4.90 Å². The topological polar surface area (TPSA) is 40.5 Å². The highest BCUT2D eigenvalue weighted by molar-refractivity contribution is 5.84. The molecule has 1 aliphatic carbocycles. The van der Waals surface area contributed by atoms with Crippen molar-refractivity contribution in [3.63, 3.8) is 0 Å². The molecule has 1 saturated heterocycles. The van der Waals surface area contributed by atoms with Crippen molar-refractivity contribution >= 4 is 5.97 Å². The first-order valence-electron chi connectivity index (χ1n) is 9.49. The van der Waals surface area contributed by atoms with Gasteiger partial charge in [0, 0.05) is 6.54 Å². The highest BCUT2D eigenvalue weighted by Crippen LogP contribution is 2.55. The molecule has 1 atom stereocenters. The van der Waals surface area contributed by atoms with E-state index in [1.54, 1.807) is 0 Å². The predicted molar refractivity (Wildman–Crippen MR) is 106 cm³/mol. The number of fused-ring (bicyclic) bond motifs is 3. The lowest BCUT2D eigenvalue weighted by molar-refractivity contribution is -0.143. The second-order valence-electron chi connectivity index (χ2n) is 7.36. The van der Waals surface area contributed by atoms with E-state index < -0.39 is 17.6 Å². The minimum absolute atomic E-state index is 0.482. The van der Waals surface area contributed by atoms with Crippen molar-refractivity contribution < 1.29 is 9.90 Å². The molecule has 1 N–H and O–H groups in total. The summed E-state index contributed by atoms with van der Waals surface area (Å²) in [5.74, 6) is -0.732. The number of likely N-dealkylation sites (tertiary alicyclic amines) is 1. The van der Waals surface area contributed by atoms with Gasteiger partial charge in [0.15, 0.2) is 0 Å². The van der Waals surface area contributed by atoms with Crippen molar-refractivity contribution in [3.05, 3.63) is 95.6 Å². The number of carboxylic acids is 1. The fraction of sp³-hybridized carbons (Fsp3) is 0.208. The number of hydrogen-bond acceptors (Lipinski definition) is 2. The second-order valence-corrected chi connectivity index (χ2v) is 7.36. The van der Waals surface area contributed by atoms with Gasteiger partial charge in [-0.1, -0.05) is 78.9 Å². The van der Waals surface area contributed by atoms with E-state index in [2.05, 4.69) is 65.6 Å². The molecule has 1 heterocycles. The summed E-state index contributed by atoms with van der Waals surface area (Å²) in [7, 11) is 0. The molecule has 3 aromatic rings. The molecule has 3 nitrogen and oxygen atoms in total. The first-order chi connectivity index (χ1) is 13.2. The van der Waals surface area contributed by atoms with E-state index in [4.69, 9.17) is 0 Å². The molecule has 27 heavy (non-hydrogen) atoms. The third-order valence-corrected chi connectivity index (χ3v) is 6.08. The van der Waals surface area contributed by atoms with Gasteiger partial charge in [-0.3, -0.25) is 9.69 Å². The van der Waals surface area contributed by atoms with Gasteiger partial charge in [-0.15, -0.1) is 0 Å². The molecule has 1 fully saturated rings. The standard InChI is InChI=1S/C24H21NO2/c26-23(27)22-15-8-16-25(22)24(17-9-2-1-3-10-17)20-13-6-4-11-18(20)19-12-5-7-14-21(19)24/h1-7,9-14,22H,8,15-16H2,(H,26,27)/t22-/m0/s1. The second kappa shape index (κ2) is 6.07. The number of benzene rings is 3. The summed E-state index contributed by atoms with van der Waals surface area (Å²) in [4.78, 5) is 14.3. The van der Waals surface area contributed by atoms with E-state index in [9.17, 15) is 9.90 Å². The molecule has 0 aromatic heterocycles. The zero-order valence-electron chi connectivity index (χ0n) is 15.0. The number of carbonyl (C=O) groups is 1. The van der Waals surface area contributed by atoms with Gasteiger partial charge >= 0.3 is 5.97 Å². The molecule has 0 spiro atoms. The van der Waals surface area contributed by atoms with E-state index in [0.717, 1.165) is 18.5 Å². The Balaban J connectivity index is 1.89. The molecule has 3 heteroatoms. The summed E-state index contributed by atoms with van der Waals surface area (Å²) in [5.41, 5.74) is 5.35. The molecule has 0 saturated carbocycles. The third-order valence-electron chi connectivity index (χ3n) is 6.08. The molecule has 1 aliphatic heterocycles. The fourth-order valence-electron chi connectivity index (χ4n) is 5.10. The Bertz CT molecular complexity index is 966. The maximum Gasteiger partial charge on any atom is 0.320 e. The maximum atomic E-state index is 12.1. The zero-order valence-corrected chi connectivity index (χ0v) is 15.0. The minimum atomic E-state index is -0.732. The Hall–Kier alpha value is -2.91. The molecule has 0 bridgehead atoms. The van der Waals surface area contributed by atoms with Crippen LogP contribution in [0.3, 0.4) is 0 Å². The third kappa shape index (κ3) is 2.15. The Morgan fingerprint density at radius 2 is 1.41 bits per heavy atom. The SMILES string of the molecule is O=C(O)[C@@H]1CCCN1C1(c2ccccc2)c2ccccc2-c2ccccc21. The first-order valence-corrected chi connectivity index (χ1v) is 9.49. The predicted octanol–water partition coefficient (Wildman–Crippen LogP) is 4.51. The van der Waals surface area contributed by atoms with Crippen LogP contribution in [0.15, 0.2) is 78.9 Å². The van der Waals surface area contributed by atoms with Gasteiger partial charge in [0.2, 0.25) is 0 Å². The molecule has 0 unspecified atom stereocenters. The van der Waals surface area contributed by atoms with Gasteiger partial charge in [0.1, 0.15) is 6.04 Å². The molecule has 3 aromatic carbocycles. The number of hydrogen-bond donors (Lipinski definition) is 1. The summed E-state index contributed by atoms with van der Waals surface area (Å²) < 4.78 is 0. The number of aliphatic carboxylic acids is 1. The lowest BCUT2D eigenvalue weighted by Gasteiger charge is -2.43. The van der Waals surface area contributed by atoms with Crippen LogP contribution in [0.25, 0.3) is 11.1 Å². The molecule has 0 amide bonds. The van der Waals surface area contributed by atoms with Crippen LogP contribution < -0.4 is 0 Å². The highest BCUT2D eigenvalue weighted by atomic mass is 16.4. The lowest BCUT2D eigenvalue weighted by Crippen LogP contribution is -2.51. The zero-order chi connectivity index (χ0) is 18.4. The van der Waals surface area contributed by atoms with Crippen molar-refractivity contribution in [2.24, 2.45) is 0 Å². The van der Waals surface area contributed by atoms with Crippen LogP contribution in [-0.2, 0) is 10.3 Å². The Morgan fingerprint density at radius 3 is 2.00 bits per heavy atom. The highest BCUT2D eigenvalue weighted by Gasteiger charge is 2.53. The van der Waals surface area contributed by atoms with E-state index in [1.807, 2.05) is 18.2 Å². The summed E-state index contributed by atoms with van der Waals surface area (Å²) in [6.45, 7) is 0.772. The Kier molecular flexibility index (Phi) is 3.66. The van der Waals surface area contributed by atoms with E-state index in [0.29, 0.717) is 6.42 Å². The fourth-order valence-corrected chi connectivity index (χ4v) is 5.10. The van der Waals surface area contributed by atoms with E-state index >= 15 is 0 Å². The van der Waals surface area contributed by atoms with Gasteiger partial charge in [-0.05, 0) is 40.7 Å². The normalized spacial score (nSPS) is 20.2. The maximum absolute atomic E-state index is 12.1. The lowest BCUT2D eigenvalue weighted by atomic mass is 9.78. The smallest absolute Gasteiger partial charge is 0.320 e. The van der Waals surface area contributed by atoms with Gasteiger partial charge in [-0.25, -0.2) is 0 Å². The van der Waals surface area contributed by atoms with Crippen LogP contribution in [0, 0.1) is 0 Å². The molecule has 134 valence electrons. The molecular formula is C24H21NO2. The van der Waals surface area contributed by atoms with Crippen molar-refractivity contribution in [3.8, 4) is 11.1 Å². The van der Waals surface area contributed by atoms with Gasteiger partial charge in [0.25, 0.3) is 0 Å². The van der Waals surface area contributed by atoms with E-state index in [-0.39, 0.29) is 0 Å². The van der Waals surface area contributed by atoms with Gasteiger partial charge in [-0.2, -0.15) is 0 Å². The monoisotopic (exact) mass is 355 g/mol. The molecule has 2 aliphatic rings. The van der Waals surface area contributed by atoms with Gasteiger partial charge < -0.3 is 5.11 Å². The Morgan fingerprint density at radius 1 is 0.852 bits per heavy atom. The number of rotatable bonds is 3. The number of nitrogens with zero attached hydrogens (tertiary/aromatic N) is 1. The quantitative estimate of drug-likeness (QED) is 0.752. The summed E-state index contributed by atoms with van der Waals surface area (Å²) in [6, 6.07) is 26.8. The van der Waals surface area contributed by atoms with Crippen molar-refractivity contribution in [2.75, 3.05) is 6.54 Å². The van der Waals surface area contributed by atoms with Crippen LogP contribution >= 0.6 is 0 Å². The van der Waals surface area contributed by atoms with Crippen LogP contribution in [0.5, 0.6) is 0 Å². The number of carboxylic acid groups (broad SMARTS) is 1. The van der Waals surface area contributed by atoms with Crippen LogP contribution in [-0.4, -0.2) is 28.6 Å². The summed E-state index contributed by atoms with van der Waals surface area (Å²) in [6.07, 6.45) is 1.59. The molecule has 5 rings (SSSR count). The van der Waals surface area contributed by atoms with Crippen LogP contribution in [0.2, 0.25) is 0 Å². The van der Waals surface area contributed by atoms with Crippen molar-refractivity contribution in [1.29, 1.82) is 0 Å².